The van der Waals surface area contributed by atoms with Crippen molar-refractivity contribution in [3.8, 4) is 11.5 Å². The third kappa shape index (κ3) is 2.47. The van der Waals surface area contributed by atoms with Crippen LogP contribution in [-0.2, 0) is 6.54 Å². The molecule has 2 N–H and O–H groups in total. The molecule has 94 valence electrons. The molecule has 0 unspecified atom stereocenters. The van der Waals surface area contributed by atoms with Gasteiger partial charge in [-0.05, 0) is 29.8 Å². The molecule has 0 aliphatic carbocycles. The van der Waals surface area contributed by atoms with Crippen LogP contribution in [-0.4, -0.2) is 14.5 Å². The predicted octanol–water partition coefficient (Wildman–Crippen LogP) is 2.58. The number of nitrogens with two attached hydrogens (primary N) is 1. The molecule has 0 aliphatic heterocycles. The lowest BCUT2D eigenvalue weighted by Crippen LogP contribution is -2.02. The topological polar surface area (TPSA) is 56.7 Å². The summed E-state index contributed by atoms with van der Waals surface area (Å²) in [4.78, 5) is 8.71. The third-order valence-electron chi connectivity index (χ3n) is 2.91. The molecule has 0 saturated heterocycles. The molecule has 2 heterocycles. The largest absolute Gasteiger partial charge is 0.399 e. The van der Waals surface area contributed by atoms with Crippen LogP contribution in [0.25, 0.3) is 11.5 Å². The van der Waals surface area contributed by atoms with Crippen LogP contribution in [0, 0.1) is 0 Å². The van der Waals surface area contributed by atoms with Gasteiger partial charge >= 0.3 is 0 Å². The molecule has 0 spiro atoms. The fourth-order valence-electron chi connectivity index (χ4n) is 2.05. The summed E-state index contributed by atoms with van der Waals surface area (Å²) in [5.74, 6) is 0.864. The molecule has 0 atom stereocenters. The van der Waals surface area contributed by atoms with Crippen molar-refractivity contribution in [3.05, 3.63) is 66.6 Å². The summed E-state index contributed by atoms with van der Waals surface area (Å²) in [6, 6.07) is 13.7. The Kier molecular flexibility index (Phi) is 2.98. The average Bonchev–Trinajstić information content (AvgIpc) is 2.88. The fourth-order valence-corrected chi connectivity index (χ4v) is 2.05. The van der Waals surface area contributed by atoms with Gasteiger partial charge in [0.1, 0.15) is 5.69 Å². The number of hydrogen-bond donors (Lipinski definition) is 1. The Morgan fingerprint density at radius 2 is 1.95 bits per heavy atom. The SMILES string of the molecule is Nc1cccc(Cn2ccnc2-c2ccccn2)c1. The maximum absolute atomic E-state index is 5.80. The van der Waals surface area contributed by atoms with Gasteiger partial charge in [-0.15, -0.1) is 0 Å². The minimum absolute atomic E-state index is 0.733. The lowest BCUT2D eigenvalue weighted by atomic mass is 10.2. The highest BCUT2D eigenvalue weighted by Gasteiger charge is 2.07. The molecule has 0 fully saturated rings. The maximum atomic E-state index is 5.80. The van der Waals surface area contributed by atoms with Crippen LogP contribution >= 0.6 is 0 Å². The van der Waals surface area contributed by atoms with E-state index in [4.69, 9.17) is 5.73 Å². The summed E-state index contributed by atoms with van der Waals surface area (Å²) >= 11 is 0. The molecule has 0 aliphatic rings. The van der Waals surface area contributed by atoms with Crippen LogP contribution in [0.4, 0.5) is 5.69 Å². The smallest absolute Gasteiger partial charge is 0.158 e. The predicted molar refractivity (Wildman–Crippen MR) is 75.4 cm³/mol. The molecule has 3 aromatic rings. The number of benzene rings is 1. The number of hydrogen-bond acceptors (Lipinski definition) is 3. The van der Waals surface area contributed by atoms with E-state index in [1.165, 1.54) is 0 Å². The first-order valence-corrected chi connectivity index (χ1v) is 6.10. The van der Waals surface area contributed by atoms with Gasteiger partial charge in [0.2, 0.25) is 0 Å². The zero-order chi connectivity index (χ0) is 13.1. The number of nitrogens with zero attached hydrogens (tertiary/aromatic N) is 3. The Balaban J connectivity index is 1.93. The molecule has 3 rings (SSSR count). The zero-order valence-electron chi connectivity index (χ0n) is 10.4. The summed E-state index contributed by atoms with van der Waals surface area (Å²) in [5.41, 5.74) is 8.59. The molecule has 2 aromatic heterocycles. The number of anilines is 1. The van der Waals surface area contributed by atoms with Gasteiger partial charge in [0.05, 0.1) is 0 Å². The van der Waals surface area contributed by atoms with Gasteiger partial charge < -0.3 is 10.3 Å². The van der Waals surface area contributed by atoms with E-state index in [2.05, 4.69) is 20.6 Å². The van der Waals surface area contributed by atoms with Crippen molar-refractivity contribution in [1.82, 2.24) is 14.5 Å². The Morgan fingerprint density at radius 1 is 1.00 bits per heavy atom. The van der Waals surface area contributed by atoms with Crippen LogP contribution < -0.4 is 5.73 Å². The number of nitrogen functional groups attached to an aromatic ring is 1. The van der Waals surface area contributed by atoms with Gasteiger partial charge in [0.15, 0.2) is 5.82 Å². The monoisotopic (exact) mass is 250 g/mol. The van der Waals surface area contributed by atoms with E-state index in [1.807, 2.05) is 42.6 Å². The van der Waals surface area contributed by atoms with Crippen molar-refractivity contribution in [3.63, 3.8) is 0 Å². The summed E-state index contributed by atoms with van der Waals surface area (Å²) < 4.78 is 2.07. The molecule has 4 heteroatoms. The van der Waals surface area contributed by atoms with Crippen molar-refractivity contribution in [2.75, 3.05) is 5.73 Å². The standard InChI is InChI=1S/C15H14N4/c16-13-5-3-4-12(10-13)11-19-9-8-18-15(19)14-6-1-2-7-17-14/h1-10H,11,16H2. The fraction of sp³-hybridized carbons (Fsp3) is 0.0667. The molecule has 0 radical (unpaired) electrons. The third-order valence-corrected chi connectivity index (χ3v) is 2.91. The normalized spacial score (nSPS) is 10.5. The first kappa shape index (κ1) is 11.5. The van der Waals surface area contributed by atoms with E-state index < -0.39 is 0 Å². The lowest BCUT2D eigenvalue weighted by molar-refractivity contribution is 0.804. The minimum atomic E-state index is 0.733. The van der Waals surface area contributed by atoms with Crippen LogP contribution in [0.15, 0.2) is 61.1 Å². The summed E-state index contributed by atoms with van der Waals surface area (Å²) in [6.07, 6.45) is 5.51. The Bertz CT molecular complexity index is 673. The molecule has 1 aromatic carbocycles. The maximum Gasteiger partial charge on any atom is 0.158 e. The Labute approximate surface area is 111 Å². The van der Waals surface area contributed by atoms with Crippen molar-refractivity contribution in [1.29, 1.82) is 0 Å². The molecule has 0 saturated carbocycles. The number of rotatable bonds is 3. The van der Waals surface area contributed by atoms with Crippen LogP contribution in [0.2, 0.25) is 0 Å². The van der Waals surface area contributed by atoms with E-state index in [0.29, 0.717) is 0 Å². The van der Waals surface area contributed by atoms with Gasteiger partial charge in [0, 0.05) is 30.8 Å². The number of pyridine rings is 1. The number of imidazole rings is 1. The van der Waals surface area contributed by atoms with E-state index in [9.17, 15) is 0 Å². The molecular formula is C15H14N4. The summed E-state index contributed by atoms with van der Waals surface area (Å²) in [5, 5.41) is 0. The first-order chi connectivity index (χ1) is 9.33. The van der Waals surface area contributed by atoms with E-state index >= 15 is 0 Å². The van der Waals surface area contributed by atoms with Crippen molar-refractivity contribution >= 4 is 5.69 Å². The average molecular weight is 250 g/mol. The number of aromatic nitrogens is 3. The van der Waals surface area contributed by atoms with E-state index in [0.717, 1.165) is 29.3 Å². The second kappa shape index (κ2) is 4.94. The highest BCUT2D eigenvalue weighted by molar-refractivity contribution is 5.49. The zero-order valence-corrected chi connectivity index (χ0v) is 10.4. The second-order valence-electron chi connectivity index (χ2n) is 4.34. The lowest BCUT2D eigenvalue weighted by Gasteiger charge is -2.08. The van der Waals surface area contributed by atoms with E-state index in [-0.39, 0.29) is 0 Å². The molecule has 0 amide bonds. The second-order valence-corrected chi connectivity index (χ2v) is 4.34. The highest BCUT2D eigenvalue weighted by Crippen LogP contribution is 2.16. The van der Waals surface area contributed by atoms with Crippen LogP contribution in [0.1, 0.15) is 5.56 Å². The Morgan fingerprint density at radius 3 is 2.74 bits per heavy atom. The highest BCUT2D eigenvalue weighted by atomic mass is 15.1. The van der Waals surface area contributed by atoms with Gasteiger partial charge in [-0.2, -0.15) is 0 Å². The quantitative estimate of drug-likeness (QED) is 0.727. The Hall–Kier alpha value is -2.62. The van der Waals surface area contributed by atoms with Crippen molar-refractivity contribution < 1.29 is 0 Å². The molecule has 19 heavy (non-hydrogen) atoms. The van der Waals surface area contributed by atoms with Crippen molar-refractivity contribution in [2.45, 2.75) is 6.54 Å². The molecular weight excluding hydrogens is 236 g/mol. The molecule has 4 nitrogen and oxygen atoms in total. The summed E-state index contributed by atoms with van der Waals surface area (Å²) in [7, 11) is 0. The van der Waals surface area contributed by atoms with Crippen molar-refractivity contribution in [2.24, 2.45) is 0 Å². The van der Waals surface area contributed by atoms with Gasteiger partial charge in [0.25, 0.3) is 0 Å². The van der Waals surface area contributed by atoms with E-state index in [1.54, 1.807) is 12.4 Å². The molecule has 0 bridgehead atoms. The van der Waals surface area contributed by atoms with Gasteiger partial charge in [-0.1, -0.05) is 18.2 Å². The van der Waals surface area contributed by atoms with Crippen LogP contribution in [0.5, 0.6) is 0 Å². The van der Waals surface area contributed by atoms with Gasteiger partial charge in [-0.3, -0.25) is 4.98 Å². The summed E-state index contributed by atoms with van der Waals surface area (Å²) in [6.45, 7) is 0.733. The van der Waals surface area contributed by atoms with Gasteiger partial charge in [-0.25, -0.2) is 4.98 Å². The van der Waals surface area contributed by atoms with Crippen LogP contribution in [0.3, 0.4) is 0 Å². The first-order valence-electron chi connectivity index (χ1n) is 6.10. The minimum Gasteiger partial charge on any atom is -0.399 e.